The molecule has 0 aliphatic rings. The molecule has 0 bridgehead atoms. The summed E-state index contributed by atoms with van der Waals surface area (Å²) in [6.07, 6.45) is 4.04. The van der Waals surface area contributed by atoms with Crippen LogP contribution in [0.25, 0.3) is 0 Å². The van der Waals surface area contributed by atoms with Crippen molar-refractivity contribution in [1.82, 2.24) is 0 Å². The first-order chi connectivity index (χ1) is 10.6. The van der Waals surface area contributed by atoms with Gasteiger partial charge >= 0.3 is 0 Å². The second-order valence-corrected chi connectivity index (χ2v) is 6.29. The van der Waals surface area contributed by atoms with Crippen molar-refractivity contribution in [3.05, 3.63) is 48.5 Å². The number of carbonyl (C=O) groups is 1. The molecule has 0 saturated heterocycles. The first-order valence-electron chi connectivity index (χ1n) is 6.53. The molecular formula is C16H20N2OS3. The topological polar surface area (TPSA) is 55.1 Å². The highest BCUT2D eigenvalue weighted by Crippen LogP contribution is 2.18. The number of thiol groups is 1. The van der Waals surface area contributed by atoms with E-state index in [1.54, 1.807) is 23.5 Å². The standard InChI is InChI=1S/C9H11NOS2.C7H9NS/c1-13-8-4-2-3-7(5-8)10-9(11)6-12;1-9-7-4-2-3-6(8)5-7/h2-5,12H,6H2,1H3,(H,10,11);2-5H,8H2,1H3. The van der Waals surface area contributed by atoms with Crippen LogP contribution in [0.15, 0.2) is 58.3 Å². The average molecular weight is 353 g/mol. The van der Waals surface area contributed by atoms with Crippen LogP contribution >= 0.6 is 36.2 Å². The Hall–Kier alpha value is -1.24. The highest BCUT2D eigenvalue weighted by atomic mass is 32.2. The Bertz CT molecular complexity index is 605. The van der Waals surface area contributed by atoms with Crippen molar-refractivity contribution in [2.45, 2.75) is 9.79 Å². The molecule has 3 N–H and O–H groups in total. The second kappa shape index (κ2) is 10.5. The van der Waals surface area contributed by atoms with Crippen LogP contribution in [-0.2, 0) is 4.79 Å². The van der Waals surface area contributed by atoms with Gasteiger partial charge in [-0.25, -0.2) is 0 Å². The van der Waals surface area contributed by atoms with Crippen LogP contribution in [0, 0.1) is 0 Å². The monoisotopic (exact) mass is 352 g/mol. The smallest absolute Gasteiger partial charge is 0.234 e. The van der Waals surface area contributed by atoms with Crippen molar-refractivity contribution in [3.8, 4) is 0 Å². The molecule has 0 saturated carbocycles. The number of hydrogen-bond acceptors (Lipinski definition) is 5. The van der Waals surface area contributed by atoms with Crippen LogP contribution in [0.5, 0.6) is 0 Å². The minimum atomic E-state index is -0.0819. The SMILES string of the molecule is CSc1cccc(N)c1.CSc1cccc(NC(=O)CS)c1. The van der Waals surface area contributed by atoms with Gasteiger partial charge < -0.3 is 11.1 Å². The third-order valence-corrected chi connectivity index (χ3v) is 4.33. The third kappa shape index (κ3) is 7.15. The minimum Gasteiger partial charge on any atom is -0.399 e. The van der Waals surface area contributed by atoms with Gasteiger partial charge in [0.25, 0.3) is 0 Å². The zero-order chi connectivity index (χ0) is 16.4. The van der Waals surface area contributed by atoms with Gasteiger partial charge in [-0.3, -0.25) is 4.79 Å². The molecule has 0 unspecified atom stereocenters. The summed E-state index contributed by atoms with van der Waals surface area (Å²) in [6.45, 7) is 0. The molecule has 22 heavy (non-hydrogen) atoms. The number of nitrogens with two attached hydrogens (primary N) is 1. The van der Waals surface area contributed by atoms with Gasteiger partial charge in [-0.05, 0) is 48.9 Å². The van der Waals surface area contributed by atoms with E-state index in [0.717, 1.165) is 16.3 Å². The molecule has 0 aliphatic heterocycles. The number of hydrogen-bond donors (Lipinski definition) is 3. The van der Waals surface area contributed by atoms with Gasteiger partial charge in [0.2, 0.25) is 5.91 Å². The fraction of sp³-hybridized carbons (Fsp3) is 0.188. The van der Waals surface area contributed by atoms with Gasteiger partial charge in [0.1, 0.15) is 0 Å². The maximum atomic E-state index is 11.0. The predicted molar refractivity (Wildman–Crippen MR) is 103 cm³/mol. The van der Waals surface area contributed by atoms with E-state index in [1.165, 1.54) is 4.90 Å². The lowest BCUT2D eigenvalue weighted by Gasteiger charge is -2.04. The molecule has 2 aromatic rings. The van der Waals surface area contributed by atoms with Crippen LogP contribution < -0.4 is 11.1 Å². The lowest BCUT2D eigenvalue weighted by Crippen LogP contribution is -2.12. The maximum absolute atomic E-state index is 11.0. The molecule has 0 fully saturated rings. The molecular weight excluding hydrogens is 332 g/mol. The molecule has 118 valence electrons. The molecule has 3 nitrogen and oxygen atoms in total. The van der Waals surface area contributed by atoms with Gasteiger partial charge in [-0.2, -0.15) is 12.6 Å². The van der Waals surface area contributed by atoms with Crippen LogP contribution in [0.2, 0.25) is 0 Å². The van der Waals surface area contributed by atoms with Gasteiger partial charge in [0.05, 0.1) is 5.75 Å². The lowest BCUT2D eigenvalue weighted by atomic mass is 10.3. The van der Waals surface area contributed by atoms with E-state index < -0.39 is 0 Å². The van der Waals surface area contributed by atoms with Crippen LogP contribution in [0.1, 0.15) is 0 Å². The van der Waals surface area contributed by atoms with Crippen molar-refractivity contribution >= 4 is 53.4 Å². The van der Waals surface area contributed by atoms with Crippen molar-refractivity contribution in [3.63, 3.8) is 0 Å². The van der Waals surface area contributed by atoms with E-state index >= 15 is 0 Å². The molecule has 0 aromatic heterocycles. The summed E-state index contributed by atoms with van der Waals surface area (Å²) in [5.41, 5.74) is 7.18. The number of benzene rings is 2. The quantitative estimate of drug-likeness (QED) is 0.437. The number of amides is 1. The van der Waals surface area contributed by atoms with Crippen molar-refractivity contribution < 1.29 is 4.79 Å². The molecule has 1 amide bonds. The number of nitrogens with one attached hydrogen (secondary N) is 1. The number of carbonyl (C=O) groups excluding carboxylic acids is 1. The Morgan fingerprint density at radius 3 is 2.18 bits per heavy atom. The van der Waals surface area contributed by atoms with Crippen LogP contribution in [0.3, 0.4) is 0 Å². The molecule has 0 spiro atoms. The van der Waals surface area contributed by atoms with Crippen LogP contribution in [-0.4, -0.2) is 24.2 Å². The molecule has 6 heteroatoms. The Morgan fingerprint density at radius 1 is 1.09 bits per heavy atom. The van der Waals surface area contributed by atoms with E-state index in [9.17, 15) is 4.79 Å². The minimum absolute atomic E-state index is 0.0819. The molecule has 0 heterocycles. The van der Waals surface area contributed by atoms with E-state index in [-0.39, 0.29) is 11.7 Å². The van der Waals surface area contributed by atoms with Crippen molar-refractivity contribution in [2.24, 2.45) is 0 Å². The summed E-state index contributed by atoms with van der Waals surface area (Å²) in [6, 6.07) is 15.6. The summed E-state index contributed by atoms with van der Waals surface area (Å²) in [7, 11) is 0. The zero-order valence-electron chi connectivity index (χ0n) is 12.6. The zero-order valence-corrected chi connectivity index (χ0v) is 15.1. The van der Waals surface area contributed by atoms with Gasteiger partial charge in [-0.15, -0.1) is 23.5 Å². The fourth-order valence-corrected chi connectivity index (χ4v) is 2.55. The highest BCUT2D eigenvalue weighted by molar-refractivity contribution is 7.98. The number of thioether (sulfide) groups is 2. The summed E-state index contributed by atoms with van der Waals surface area (Å²) in [4.78, 5) is 13.3. The second-order valence-electron chi connectivity index (χ2n) is 4.21. The lowest BCUT2D eigenvalue weighted by molar-refractivity contribution is -0.113. The molecule has 2 rings (SSSR count). The molecule has 0 atom stereocenters. The van der Waals surface area contributed by atoms with Crippen molar-refractivity contribution in [2.75, 3.05) is 29.3 Å². The number of rotatable bonds is 4. The summed E-state index contributed by atoms with van der Waals surface area (Å²) in [5.74, 6) is 0.130. The number of anilines is 2. The predicted octanol–water partition coefficient (Wildman–Crippen LogP) is 4.27. The Labute approximate surface area is 145 Å². The highest BCUT2D eigenvalue weighted by Gasteiger charge is 1.99. The Balaban J connectivity index is 0.000000235. The Morgan fingerprint density at radius 2 is 1.68 bits per heavy atom. The van der Waals surface area contributed by atoms with Crippen molar-refractivity contribution in [1.29, 1.82) is 0 Å². The van der Waals surface area contributed by atoms with E-state index in [2.05, 4.69) is 17.9 Å². The largest absolute Gasteiger partial charge is 0.399 e. The van der Waals surface area contributed by atoms with E-state index in [0.29, 0.717) is 0 Å². The first-order valence-corrected chi connectivity index (χ1v) is 9.61. The summed E-state index contributed by atoms with van der Waals surface area (Å²) in [5, 5.41) is 2.74. The summed E-state index contributed by atoms with van der Waals surface area (Å²) >= 11 is 7.23. The normalized spacial score (nSPS) is 9.59. The third-order valence-electron chi connectivity index (χ3n) is 2.59. The van der Waals surface area contributed by atoms with Gasteiger partial charge in [0, 0.05) is 21.2 Å². The number of nitrogen functional groups attached to an aromatic ring is 1. The molecule has 0 aliphatic carbocycles. The van der Waals surface area contributed by atoms with E-state index in [4.69, 9.17) is 5.73 Å². The molecule has 0 radical (unpaired) electrons. The van der Waals surface area contributed by atoms with Gasteiger partial charge in [-0.1, -0.05) is 12.1 Å². The summed E-state index contributed by atoms with van der Waals surface area (Å²) < 4.78 is 0. The van der Waals surface area contributed by atoms with Crippen LogP contribution in [0.4, 0.5) is 11.4 Å². The Kier molecular flexibility index (Phi) is 8.96. The first kappa shape index (κ1) is 18.8. The van der Waals surface area contributed by atoms with E-state index in [1.807, 2.05) is 61.0 Å². The fourth-order valence-electron chi connectivity index (χ4n) is 1.54. The van der Waals surface area contributed by atoms with Gasteiger partial charge in [0.15, 0.2) is 0 Å². The molecule has 2 aromatic carbocycles. The maximum Gasteiger partial charge on any atom is 0.234 e. The average Bonchev–Trinajstić information content (AvgIpc) is 2.55.